The fourth-order valence-electron chi connectivity index (χ4n) is 6.95. The normalized spacial score (nSPS) is 11.8. The van der Waals surface area contributed by atoms with Crippen molar-refractivity contribution in [2.75, 3.05) is 13.2 Å². The Hall–Kier alpha value is -3.11. The van der Waals surface area contributed by atoms with Gasteiger partial charge in [0.25, 0.3) is 0 Å². The van der Waals surface area contributed by atoms with Crippen molar-refractivity contribution in [2.24, 2.45) is 0 Å². The summed E-state index contributed by atoms with van der Waals surface area (Å²) in [5.74, 6) is 1.08. The van der Waals surface area contributed by atoms with Gasteiger partial charge >= 0.3 is 5.97 Å². The highest BCUT2D eigenvalue weighted by Crippen LogP contribution is 2.26. The van der Waals surface area contributed by atoms with Crippen LogP contribution in [0, 0.1) is 0 Å². The third kappa shape index (κ3) is 20.2. The molecule has 1 atom stereocenters. The lowest BCUT2D eigenvalue weighted by atomic mass is 10.0. The number of unbranched alkanes of at least 4 members (excludes halogenated alkanes) is 22. The summed E-state index contributed by atoms with van der Waals surface area (Å²) >= 11 is 0. The van der Waals surface area contributed by atoms with Gasteiger partial charge in [0.1, 0.15) is 11.5 Å². The minimum atomic E-state index is -0.357. The zero-order valence-corrected chi connectivity index (χ0v) is 34.0. The molecule has 0 amide bonds. The van der Waals surface area contributed by atoms with Gasteiger partial charge in [0, 0.05) is 6.61 Å². The topological polar surface area (TPSA) is 44.8 Å². The maximum Gasteiger partial charge on any atom is 0.343 e. The van der Waals surface area contributed by atoms with Crippen molar-refractivity contribution in [2.45, 2.75) is 181 Å². The van der Waals surface area contributed by atoms with E-state index in [0.29, 0.717) is 11.3 Å². The third-order valence-corrected chi connectivity index (χ3v) is 10.5. The Morgan fingerprint density at radius 1 is 0.453 bits per heavy atom. The molecule has 0 radical (unpaired) electrons. The lowest BCUT2D eigenvalue weighted by Gasteiger charge is -2.14. The number of hydrogen-bond donors (Lipinski definition) is 0. The summed E-state index contributed by atoms with van der Waals surface area (Å²) in [6, 6.07) is 23.5. The molecule has 4 heteroatoms. The summed E-state index contributed by atoms with van der Waals surface area (Å²) in [5.41, 5.74) is 3.78. The molecular weight excluding hydrogens is 653 g/mol. The molecule has 0 aliphatic carbocycles. The van der Waals surface area contributed by atoms with Crippen molar-refractivity contribution in [1.29, 1.82) is 0 Å². The third-order valence-electron chi connectivity index (χ3n) is 10.5. The van der Waals surface area contributed by atoms with Crippen LogP contribution in [-0.4, -0.2) is 19.2 Å². The highest BCUT2D eigenvalue weighted by Gasteiger charge is 2.12. The van der Waals surface area contributed by atoms with Gasteiger partial charge in [-0.25, -0.2) is 4.79 Å². The van der Waals surface area contributed by atoms with Gasteiger partial charge < -0.3 is 14.2 Å². The van der Waals surface area contributed by atoms with Gasteiger partial charge in [-0.1, -0.05) is 192 Å². The first kappa shape index (κ1) is 44.3. The molecule has 0 aromatic heterocycles. The summed E-state index contributed by atoms with van der Waals surface area (Å²) in [5, 5.41) is 0. The number of ether oxygens (including phenoxy) is 3. The maximum atomic E-state index is 12.9. The molecule has 0 bridgehead atoms. The zero-order valence-electron chi connectivity index (χ0n) is 34.0. The van der Waals surface area contributed by atoms with E-state index in [1.807, 2.05) is 60.7 Å². The van der Waals surface area contributed by atoms with E-state index in [1.165, 1.54) is 141 Å². The predicted molar refractivity (Wildman–Crippen MR) is 225 cm³/mol. The van der Waals surface area contributed by atoms with Gasteiger partial charge in [0.15, 0.2) is 0 Å². The lowest BCUT2D eigenvalue weighted by Crippen LogP contribution is -2.09. The molecule has 0 fully saturated rings. The van der Waals surface area contributed by atoms with Crippen LogP contribution in [0.2, 0.25) is 0 Å². The van der Waals surface area contributed by atoms with E-state index < -0.39 is 0 Å². The number of carbonyl (C=O) groups excluding carboxylic acids is 1. The molecule has 3 rings (SSSR count). The fraction of sp³-hybridized carbons (Fsp3) is 0.612. The number of carbonyl (C=O) groups is 1. The summed E-state index contributed by atoms with van der Waals surface area (Å²) in [4.78, 5) is 12.9. The van der Waals surface area contributed by atoms with E-state index in [2.05, 4.69) is 32.9 Å². The Labute approximate surface area is 324 Å². The van der Waals surface area contributed by atoms with Crippen LogP contribution < -0.4 is 9.47 Å². The van der Waals surface area contributed by atoms with Crippen LogP contribution in [0.3, 0.4) is 0 Å². The molecule has 4 nitrogen and oxygen atoms in total. The van der Waals surface area contributed by atoms with E-state index in [9.17, 15) is 4.79 Å². The first-order chi connectivity index (χ1) is 26.1. The molecule has 3 aromatic carbocycles. The highest BCUT2D eigenvalue weighted by molar-refractivity contribution is 5.91. The van der Waals surface area contributed by atoms with E-state index in [0.717, 1.165) is 48.5 Å². The minimum absolute atomic E-state index is 0.000228. The molecule has 1 unspecified atom stereocenters. The summed E-state index contributed by atoms with van der Waals surface area (Å²) in [6.45, 7) is 8.18. The van der Waals surface area contributed by atoms with Gasteiger partial charge in [0.2, 0.25) is 0 Å². The smallest absolute Gasteiger partial charge is 0.343 e. The van der Waals surface area contributed by atoms with Crippen molar-refractivity contribution in [3.8, 4) is 22.6 Å². The van der Waals surface area contributed by atoms with E-state index >= 15 is 0 Å². The number of esters is 1. The highest BCUT2D eigenvalue weighted by atomic mass is 16.5. The summed E-state index contributed by atoms with van der Waals surface area (Å²) in [6.07, 6.45) is 32.3. The lowest BCUT2D eigenvalue weighted by molar-refractivity contribution is 0.0626. The first-order valence-corrected chi connectivity index (χ1v) is 21.9. The van der Waals surface area contributed by atoms with Crippen LogP contribution >= 0.6 is 0 Å². The molecule has 0 N–H and O–H groups in total. The standard InChI is InChI=1S/C49H74O4/c1-4-6-8-10-12-14-16-17-18-19-21-22-24-26-40-51-42(3)43-28-30-46(31-29-43)49(50)53-48-38-34-45(35-39-48)44-32-36-47(37-33-44)52-41-27-25-23-20-15-13-11-9-7-5-2/h28-39,42H,4-27,40-41H2,1-3H3. The minimum Gasteiger partial charge on any atom is -0.494 e. The SMILES string of the molecule is CCCCCCCCCCCCCCCCOC(C)c1ccc(C(=O)Oc2ccc(-c3ccc(OCCCCCCCCCCCC)cc3)cc2)cc1. The second kappa shape index (κ2) is 29.3. The van der Waals surface area contributed by atoms with Gasteiger partial charge in [-0.3, -0.25) is 0 Å². The summed E-state index contributed by atoms with van der Waals surface area (Å²) < 4.78 is 17.8. The molecule has 0 spiro atoms. The molecular formula is C49H74O4. The van der Waals surface area contributed by atoms with Crippen molar-refractivity contribution < 1.29 is 19.0 Å². The van der Waals surface area contributed by atoms with E-state index in [1.54, 1.807) is 0 Å². The Bertz CT molecular complexity index is 1300. The van der Waals surface area contributed by atoms with Gasteiger partial charge in [-0.2, -0.15) is 0 Å². The second-order valence-corrected chi connectivity index (χ2v) is 15.2. The van der Waals surface area contributed by atoms with Crippen molar-refractivity contribution in [3.63, 3.8) is 0 Å². The van der Waals surface area contributed by atoms with Gasteiger partial charge in [-0.15, -0.1) is 0 Å². The number of benzene rings is 3. The Balaban J connectivity index is 1.24. The van der Waals surface area contributed by atoms with Crippen LogP contribution in [0.1, 0.15) is 197 Å². The molecule has 0 aliphatic rings. The fourth-order valence-corrected chi connectivity index (χ4v) is 6.95. The Kier molecular flexibility index (Phi) is 24.5. The molecule has 3 aromatic rings. The predicted octanol–water partition coefficient (Wildman–Crippen LogP) is 15.4. The maximum absolute atomic E-state index is 12.9. The van der Waals surface area contributed by atoms with Crippen LogP contribution in [0.5, 0.6) is 11.5 Å². The average Bonchev–Trinajstić information content (AvgIpc) is 3.19. The van der Waals surface area contributed by atoms with Crippen molar-refractivity contribution in [3.05, 3.63) is 83.9 Å². The van der Waals surface area contributed by atoms with Crippen molar-refractivity contribution in [1.82, 2.24) is 0 Å². The quantitative estimate of drug-likeness (QED) is 0.0365. The van der Waals surface area contributed by atoms with Gasteiger partial charge in [0.05, 0.1) is 18.3 Å². The Morgan fingerprint density at radius 2 is 0.830 bits per heavy atom. The van der Waals surface area contributed by atoms with Crippen LogP contribution in [-0.2, 0) is 4.74 Å². The summed E-state index contributed by atoms with van der Waals surface area (Å²) in [7, 11) is 0. The van der Waals surface area contributed by atoms with E-state index in [-0.39, 0.29) is 12.1 Å². The molecule has 0 aliphatic heterocycles. The molecule has 0 saturated carbocycles. The Morgan fingerprint density at radius 3 is 1.26 bits per heavy atom. The zero-order chi connectivity index (χ0) is 37.6. The van der Waals surface area contributed by atoms with Gasteiger partial charge in [-0.05, 0) is 72.9 Å². The van der Waals surface area contributed by atoms with Crippen LogP contribution in [0.25, 0.3) is 11.1 Å². The molecule has 294 valence electrons. The molecule has 0 heterocycles. The largest absolute Gasteiger partial charge is 0.494 e. The second-order valence-electron chi connectivity index (χ2n) is 15.2. The van der Waals surface area contributed by atoms with E-state index in [4.69, 9.17) is 14.2 Å². The van der Waals surface area contributed by atoms with Crippen LogP contribution in [0.15, 0.2) is 72.8 Å². The molecule has 53 heavy (non-hydrogen) atoms. The average molecular weight is 727 g/mol. The number of hydrogen-bond acceptors (Lipinski definition) is 4. The first-order valence-electron chi connectivity index (χ1n) is 21.9. The molecule has 0 saturated heterocycles. The van der Waals surface area contributed by atoms with Crippen molar-refractivity contribution >= 4 is 5.97 Å². The van der Waals surface area contributed by atoms with Crippen LogP contribution in [0.4, 0.5) is 0 Å². The number of rotatable bonds is 32. The monoisotopic (exact) mass is 727 g/mol.